The number of anilines is 2. The van der Waals surface area contributed by atoms with E-state index < -0.39 is 0 Å². The van der Waals surface area contributed by atoms with Gasteiger partial charge in [-0.2, -0.15) is 0 Å². The Kier molecular flexibility index (Phi) is 2.74. The minimum Gasteiger partial charge on any atom is -0.398 e. The Morgan fingerprint density at radius 1 is 0.786 bits per heavy atom. The van der Waals surface area contributed by atoms with Crippen LogP contribution in [0, 0.1) is 27.7 Å². The molecule has 1 rings (SSSR count). The lowest BCUT2D eigenvalue weighted by molar-refractivity contribution is 1.08. The normalized spacial score (nSPS) is 10.4. The zero-order valence-electron chi connectivity index (χ0n) is 10.0. The highest BCUT2D eigenvalue weighted by molar-refractivity contribution is 5.72. The van der Waals surface area contributed by atoms with Gasteiger partial charge >= 0.3 is 0 Å². The molecule has 0 radical (unpaired) electrons. The molecule has 0 aromatic heterocycles. The molecule has 0 saturated carbocycles. The maximum atomic E-state index is 6.03. The lowest BCUT2D eigenvalue weighted by Crippen LogP contribution is -2.14. The van der Waals surface area contributed by atoms with Crippen LogP contribution in [0.4, 0.5) is 11.4 Å². The highest BCUT2D eigenvalue weighted by Gasteiger charge is 2.13. The predicted octanol–water partition coefficient (Wildman–Crippen LogP) is 2.57. The third kappa shape index (κ3) is 1.45. The topological polar surface area (TPSA) is 29.3 Å². The van der Waals surface area contributed by atoms with Crippen LogP contribution in [0.1, 0.15) is 22.3 Å². The molecule has 0 heterocycles. The van der Waals surface area contributed by atoms with Gasteiger partial charge in [0.15, 0.2) is 0 Å². The molecule has 0 spiro atoms. The zero-order valence-corrected chi connectivity index (χ0v) is 10.0. The number of hydrogen-bond acceptors (Lipinski definition) is 2. The zero-order chi connectivity index (χ0) is 11.0. The molecule has 0 amide bonds. The van der Waals surface area contributed by atoms with Gasteiger partial charge in [-0.25, -0.2) is 0 Å². The van der Waals surface area contributed by atoms with Crippen molar-refractivity contribution in [2.75, 3.05) is 24.7 Å². The first-order chi connectivity index (χ1) is 6.37. The largest absolute Gasteiger partial charge is 0.398 e. The summed E-state index contributed by atoms with van der Waals surface area (Å²) in [6.45, 7) is 8.44. The summed E-state index contributed by atoms with van der Waals surface area (Å²) >= 11 is 0. The number of hydrogen-bond donors (Lipinski definition) is 1. The van der Waals surface area contributed by atoms with E-state index in [9.17, 15) is 0 Å². The SMILES string of the molecule is Cc1c(C)c(N(C)C)c(C)c(C)c1N. The van der Waals surface area contributed by atoms with Crippen molar-refractivity contribution >= 4 is 11.4 Å². The number of nitrogens with two attached hydrogens (primary N) is 1. The Morgan fingerprint density at radius 3 is 1.43 bits per heavy atom. The molecular weight excluding hydrogens is 172 g/mol. The quantitative estimate of drug-likeness (QED) is 0.693. The van der Waals surface area contributed by atoms with E-state index in [1.54, 1.807) is 0 Å². The molecule has 2 heteroatoms. The van der Waals surface area contributed by atoms with Crippen LogP contribution in [0.25, 0.3) is 0 Å². The van der Waals surface area contributed by atoms with Crippen LogP contribution in [-0.4, -0.2) is 14.1 Å². The van der Waals surface area contributed by atoms with E-state index in [1.807, 2.05) is 0 Å². The third-order valence-corrected chi connectivity index (χ3v) is 3.09. The fourth-order valence-corrected chi connectivity index (χ4v) is 1.99. The molecule has 0 unspecified atom stereocenters. The second-order valence-electron chi connectivity index (χ2n) is 4.16. The van der Waals surface area contributed by atoms with E-state index >= 15 is 0 Å². The standard InChI is InChI=1S/C12H20N2/c1-7-9(3)12(14(5)6)10(4)8(2)11(7)13/h13H2,1-6H3. The van der Waals surface area contributed by atoms with Crippen LogP contribution >= 0.6 is 0 Å². The number of nitrogens with zero attached hydrogens (tertiary/aromatic N) is 1. The van der Waals surface area contributed by atoms with Crippen molar-refractivity contribution in [3.05, 3.63) is 22.3 Å². The Morgan fingerprint density at radius 2 is 1.14 bits per heavy atom. The molecule has 0 aliphatic rings. The fourth-order valence-electron chi connectivity index (χ4n) is 1.99. The Bertz CT molecular complexity index is 336. The number of rotatable bonds is 1. The third-order valence-electron chi connectivity index (χ3n) is 3.09. The predicted molar refractivity (Wildman–Crippen MR) is 64.1 cm³/mol. The highest BCUT2D eigenvalue weighted by Crippen LogP contribution is 2.33. The Labute approximate surface area is 86.7 Å². The first kappa shape index (κ1) is 10.9. The average molecular weight is 192 g/mol. The van der Waals surface area contributed by atoms with Gasteiger partial charge in [-0.3, -0.25) is 0 Å². The summed E-state index contributed by atoms with van der Waals surface area (Å²) < 4.78 is 0. The van der Waals surface area contributed by atoms with E-state index in [-0.39, 0.29) is 0 Å². The molecule has 0 aliphatic heterocycles. The second kappa shape index (κ2) is 3.52. The van der Waals surface area contributed by atoms with Crippen molar-refractivity contribution < 1.29 is 0 Å². The van der Waals surface area contributed by atoms with Crippen molar-refractivity contribution in [2.24, 2.45) is 0 Å². The van der Waals surface area contributed by atoms with Crippen LogP contribution in [0.15, 0.2) is 0 Å². The molecule has 2 N–H and O–H groups in total. The van der Waals surface area contributed by atoms with E-state index in [4.69, 9.17) is 5.73 Å². The van der Waals surface area contributed by atoms with Crippen LogP contribution in [0.5, 0.6) is 0 Å². The molecule has 0 saturated heterocycles. The van der Waals surface area contributed by atoms with Crippen molar-refractivity contribution in [3.8, 4) is 0 Å². The van der Waals surface area contributed by atoms with Crippen molar-refractivity contribution in [1.82, 2.24) is 0 Å². The minimum atomic E-state index is 0.936. The molecule has 0 atom stereocenters. The molecule has 0 fully saturated rings. The minimum absolute atomic E-state index is 0.936. The van der Waals surface area contributed by atoms with Gasteiger partial charge in [-0.1, -0.05) is 0 Å². The lowest BCUT2D eigenvalue weighted by Gasteiger charge is -2.23. The van der Waals surface area contributed by atoms with Crippen LogP contribution in [0.2, 0.25) is 0 Å². The highest BCUT2D eigenvalue weighted by atomic mass is 15.1. The maximum absolute atomic E-state index is 6.03. The van der Waals surface area contributed by atoms with E-state index in [2.05, 4.69) is 46.7 Å². The first-order valence-corrected chi connectivity index (χ1v) is 4.91. The van der Waals surface area contributed by atoms with Gasteiger partial charge in [-0.05, 0) is 49.9 Å². The van der Waals surface area contributed by atoms with Gasteiger partial charge < -0.3 is 10.6 Å². The summed E-state index contributed by atoms with van der Waals surface area (Å²) in [5, 5.41) is 0. The molecule has 14 heavy (non-hydrogen) atoms. The van der Waals surface area contributed by atoms with Crippen LogP contribution < -0.4 is 10.6 Å². The summed E-state index contributed by atoms with van der Waals surface area (Å²) in [5.74, 6) is 0. The first-order valence-electron chi connectivity index (χ1n) is 4.91. The summed E-state index contributed by atoms with van der Waals surface area (Å²) in [6, 6.07) is 0. The van der Waals surface area contributed by atoms with Gasteiger partial charge in [0, 0.05) is 25.5 Å². The van der Waals surface area contributed by atoms with Crippen LogP contribution in [0.3, 0.4) is 0 Å². The Hall–Kier alpha value is -1.18. The summed E-state index contributed by atoms with van der Waals surface area (Å²) in [6.07, 6.45) is 0. The van der Waals surface area contributed by atoms with Crippen LogP contribution in [-0.2, 0) is 0 Å². The maximum Gasteiger partial charge on any atom is 0.0427 e. The van der Waals surface area contributed by atoms with Crippen molar-refractivity contribution in [2.45, 2.75) is 27.7 Å². The van der Waals surface area contributed by atoms with E-state index in [1.165, 1.54) is 27.9 Å². The van der Waals surface area contributed by atoms with Gasteiger partial charge in [0.2, 0.25) is 0 Å². The molecule has 0 aliphatic carbocycles. The molecule has 78 valence electrons. The smallest absolute Gasteiger partial charge is 0.0427 e. The summed E-state index contributed by atoms with van der Waals surface area (Å²) in [5.41, 5.74) is 13.3. The monoisotopic (exact) mass is 192 g/mol. The average Bonchev–Trinajstić information content (AvgIpc) is 2.11. The van der Waals surface area contributed by atoms with Crippen molar-refractivity contribution in [1.29, 1.82) is 0 Å². The lowest BCUT2D eigenvalue weighted by atomic mass is 9.96. The number of benzene rings is 1. The summed E-state index contributed by atoms with van der Waals surface area (Å²) in [4.78, 5) is 2.16. The van der Waals surface area contributed by atoms with Gasteiger partial charge in [-0.15, -0.1) is 0 Å². The fraction of sp³-hybridized carbons (Fsp3) is 0.500. The molecular formula is C12H20N2. The van der Waals surface area contributed by atoms with Crippen molar-refractivity contribution in [3.63, 3.8) is 0 Å². The van der Waals surface area contributed by atoms with E-state index in [0.29, 0.717) is 0 Å². The van der Waals surface area contributed by atoms with Gasteiger partial charge in [0.05, 0.1) is 0 Å². The molecule has 1 aromatic carbocycles. The van der Waals surface area contributed by atoms with E-state index in [0.717, 1.165) is 5.69 Å². The second-order valence-corrected chi connectivity index (χ2v) is 4.16. The Balaban J connectivity index is 3.60. The molecule has 2 nitrogen and oxygen atoms in total. The molecule has 0 bridgehead atoms. The van der Waals surface area contributed by atoms with Gasteiger partial charge in [0.25, 0.3) is 0 Å². The number of nitrogen functional groups attached to an aromatic ring is 1. The van der Waals surface area contributed by atoms with Gasteiger partial charge in [0.1, 0.15) is 0 Å². The molecule has 1 aromatic rings. The summed E-state index contributed by atoms with van der Waals surface area (Å²) in [7, 11) is 4.15.